The van der Waals surface area contributed by atoms with Gasteiger partial charge in [0, 0.05) is 17.6 Å². The molecule has 0 fully saturated rings. The Bertz CT molecular complexity index is 450. The lowest BCUT2D eigenvalue weighted by atomic mass is 10.2. The van der Waals surface area contributed by atoms with Crippen LogP contribution >= 0.6 is 11.6 Å². The molecule has 1 aromatic rings. The van der Waals surface area contributed by atoms with E-state index in [2.05, 4.69) is 5.32 Å². The highest BCUT2D eigenvalue weighted by Gasteiger charge is 2.16. The van der Waals surface area contributed by atoms with Crippen LogP contribution in [0.2, 0.25) is 5.02 Å². The highest BCUT2D eigenvalue weighted by atomic mass is 35.5. The van der Waals surface area contributed by atoms with Gasteiger partial charge in [-0.1, -0.05) is 18.5 Å². The number of nitro groups is 1. The molecule has 0 saturated carbocycles. The molecule has 0 spiro atoms. The fourth-order valence-corrected chi connectivity index (χ4v) is 1.32. The average molecular weight is 259 g/mol. The predicted octanol–water partition coefficient (Wildman–Crippen LogP) is 2.38. The normalized spacial score (nSPS) is 11.9. The maximum atomic E-state index is 10.7. The van der Waals surface area contributed by atoms with Crippen LogP contribution < -0.4 is 5.32 Å². The second-order valence-corrected chi connectivity index (χ2v) is 3.98. The molecule has 0 aliphatic carbocycles. The molecule has 17 heavy (non-hydrogen) atoms. The Morgan fingerprint density at radius 1 is 1.65 bits per heavy atom. The molecule has 0 aliphatic heterocycles. The van der Waals surface area contributed by atoms with Gasteiger partial charge in [0.2, 0.25) is 0 Å². The van der Waals surface area contributed by atoms with Gasteiger partial charge in [-0.05, 0) is 12.1 Å². The number of halogens is 1. The van der Waals surface area contributed by atoms with E-state index in [9.17, 15) is 14.9 Å². The van der Waals surface area contributed by atoms with Crippen LogP contribution in [0.5, 0.6) is 0 Å². The lowest BCUT2D eigenvalue weighted by Gasteiger charge is -2.09. The number of carboxylic acid groups (broad SMARTS) is 1. The molecule has 1 atom stereocenters. The first kappa shape index (κ1) is 13.2. The molecule has 0 amide bonds. The van der Waals surface area contributed by atoms with Gasteiger partial charge in [0.05, 0.1) is 10.8 Å². The van der Waals surface area contributed by atoms with Gasteiger partial charge in [0.1, 0.15) is 5.69 Å². The summed E-state index contributed by atoms with van der Waals surface area (Å²) in [6.07, 6.45) is 0. The Kier molecular flexibility index (Phi) is 4.28. The van der Waals surface area contributed by atoms with Crippen molar-refractivity contribution < 1.29 is 14.8 Å². The first-order chi connectivity index (χ1) is 7.91. The molecule has 1 aromatic carbocycles. The van der Waals surface area contributed by atoms with Gasteiger partial charge in [0.15, 0.2) is 0 Å². The summed E-state index contributed by atoms with van der Waals surface area (Å²) in [7, 11) is 0. The summed E-state index contributed by atoms with van der Waals surface area (Å²) in [6.45, 7) is 1.62. The van der Waals surface area contributed by atoms with Crippen LogP contribution in [0.15, 0.2) is 18.2 Å². The molecule has 2 N–H and O–H groups in total. The number of hydrogen-bond donors (Lipinski definition) is 2. The van der Waals surface area contributed by atoms with E-state index in [1.807, 2.05) is 0 Å². The minimum absolute atomic E-state index is 0.109. The van der Waals surface area contributed by atoms with Crippen LogP contribution in [-0.4, -0.2) is 22.5 Å². The number of rotatable bonds is 5. The molecule has 92 valence electrons. The van der Waals surface area contributed by atoms with Crippen molar-refractivity contribution in [3.8, 4) is 0 Å². The summed E-state index contributed by atoms with van der Waals surface area (Å²) in [5.41, 5.74) is 0.0857. The molecule has 0 saturated heterocycles. The molecule has 1 rings (SSSR count). The van der Waals surface area contributed by atoms with E-state index in [0.717, 1.165) is 0 Å². The van der Waals surface area contributed by atoms with Gasteiger partial charge in [-0.25, -0.2) is 0 Å². The summed E-state index contributed by atoms with van der Waals surface area (Å²) in [5.74, 6) is -1.60. The number of nitrogens with one attached hydrogen (secondary N) is 1. The largest absolute Gasteiger partial charge is 0.481 e. The second-order valence-electron chi connectivity index (χ2n) is 3.54. The number of carboxylic acids is 1. The van der Waals surface area contributed by atoms with E-state index < -0.39 is 16.8 Å². The summed E-state index contributed by atoms with van der Waals surface area (Å²) in [4.78, 5) is 20.8. The quantitative estimate of drug-likeness (QED) is 0.625. The summed E-state index contributed by atoms with van der Waals surface area (Å²) in [5, 5.41) is 22.4. The van der Waals surface area contributed by atoms with E-state index in [4.69, 9.17) is 16.7 Å². The third-order valence-electron chi connectivity index (χ3n) is 2.18. The van der Waals surface area contributed by atoms with E-state index in [-0.39, 0.29) is 22.9 Å². The first-order valence-corrected chi connectivity index (χ1v) is 5.20. The molecular weight excluding hydrogens is 248 g/mol. The van der Waals surface area contributed by atoms with Crippen molar-refractivity contribution in [1.82, 2.24) is 0 Å². The Morgan fingerprint density at radius 2 is 2.29 bits per heavy atom. The number of nitrogens with zero attached hydrogens (tertiary/aromatic N) is 1. The maximum absolute atomic E-state index is 10.7. The average Bonchev–Trinajstić information content (AvgIpc) is 2.26. The van der Waals surface area contributed by atoms with Crippen LogP contribution in [0.25, 0.3) is 0 Å². The van der Waals surface area contributed by atoms with E-state index in [1.165, 1.54) is 25.1 Å². The van der Waals surface area contributed by atoms with Crippen LogP contribution in [0.3, 0.4) is 0 Å². The smallest absolute Gasteiger partial charge is 0.308 e. The molecular formula is C10H11ClN2O4. The predicted molar refractivity (Wildman–Crippen MR) is 63.4 cm³/mol. The van der Waals surface area contributed by atoms with Crippen molar-refractivity contribution in [3.05, 3.63) is 33.3 Å². The third kappa shape index (κ3) is 3.60. The summed E-state index contributed by atoms with van der Waals surface area (Å²) < 4.78 is 0. The minimum atomic E-state index is -0.964. The zero-order valence-corrected chi connectivity index (χ0v) is 9.77. The molecule has 0 heterocycles. The monoisotopic (exact) mass is 258 g/mol. The molecule has 7 heteroatoms. The third-order valence-corrected chi connectivity index (χ3v) is 2.41. The van der Waals surface area contributed by atoms with E-state index in [1.54, 1.807) is 0 Å². The molecule has 0 aromatic heterocycles. The Hall–Kier alpha value is -1.82. The second kappa shape index (κ2) is 5.49. The highest BCUT2D eigenvalue weighted by molar-refractivity contribution is 6.30. The standard InChI is InChI=1S/C10H11ClN2O4/c1-6(10(14)15)5-12-8-3-2-7(11)4-9(8)13(16)17/h2-4,6,12H,5H2,1H3,(H,14,15). The van der Waals surface area contributed by atoms with Gasteiger partial charge >= 0.3 is 5.97 Å². The van der Waals surface area contributed by atoms with Gasteiger partial charge in [-0.2, -0.15) is 0 Å². The van der Waals surface area contributed by atoms with Crippen LogP contribution in [0.1, 0.15) is 6.92 Å². The molecule has 0 aliphatic rings. The number of hydrogen-bond acceptors (Lipinski definition) is 4. The lowest BCUT2D eigenvalue weighted by molar-refractivity contribution is -0.383. The van der Waals surface area contributed by atoms with E-state index in [0.29, 0.717) is 0 Å². The SMILES string of the molecule is CC(CNc1ccc(Cl)cc1[N+](=O)[O-])C(=O)O. The number of carbonyl (C=O) groups is 1. The summed E-state index contributed by atoms with van der Waals surface area (Å²) in [6, 6.07) is 4.17. The van der Waals surface area contributed by atoms with Gasteiger partial charge in [-0.3, -0.25) is 14.9 Å². The molecule has 0 radical (unpaired) electrons. The van der Waals surface area contributed by atoms with Crippen molar-refractivity contribution in [2.45, 2.75) is 6.92 Å². The number of nitro benzene ring substituents is 1. The Labute approximate surface area is 102 Å². The van der Waals surface area contributed by atoms with Crippen LogP contribution in [-0.2, 0) is 4.79 Å². The minimum Gasteiger partial charge on any atom is -0.481 e. The molecule has 6 nitrogen and oxygen atoms in total. The summed E-state index contributed by atoms with van der Waals surface area (Å²) >= 11 is 5.65. The number of anilines is 1. The van der Waals surface area contributed by atoms with Crippen LogP contribution in [0.4, 0.5) is 11.4 Å². The van der Waals surface area contributed by atoms with Crippen molar-refractivity contribution in [3.63, 3.8) is 0 Å². The van der Waals surface area contributed by atoms with Crippen molar-refractivity contribution >= 4 is 28.9 Å². The first-order valence-electron chi connectivity index (χ1n) is 4.82. The number of benzene rings is 1. The lowest BCUT2D eigenvalue weighted by Crippen LogP contribution is -2.19. The van der Waals surface area contributed by atoms with Crippen molar-refractivity contribution in [2.75, 3.05) is 11.9 Å². The van der Waals surface area contributed by atoms with Crippen molar-refractivity contribution in [1.29, 1.82) is 0 Å². The fraction of sp³-hybridized carbons (Fsp3) is 0.300. The van der Waals surface area contributed by atoms with Crippen LogP contribution in [0, 0.1) is 16.0 Å². The van der Waals surface area contributed by atoms with Gasteiger partial charge in [0.25, 0.3) is 5.69 Å². The zero-order valence-electron chi connectivity index (χ0n) is 9.01. The van der Waals surface area contributed by atoms with Crippen molar-refractivity contribution in [2.24, 2.45) is 5.92 Å². The zero-order chi connectivity index (χ0) is 13.0. The number of aliphatic carboxylic acids is 1. The highest BCUT2D eigenvalue weighted by Crippen LogP contribution is 2.27. The maximum Gasteiger partial charge on any atom is 0.308 e. The molecule has 0 bridgehead atoms. The Balaban J connectivity index is 2.84. The van der Waals surface area contributed by atoms with E-state index >= 15 is 0 Å². The Morgan fingerprint density at radius 3 is 2.82 bits per heavy atom. The van der Waals surface area contributed by atoms with Gasteiger partial charge < -0.3 is 10.4 Å². The molecule has 1 unspecified atom stereocenters. The topological polar surface area (TPSA) is 92.5 Å². The van der Waals surface area contributed by atoms with Gasteiger partial charge in [-0.15, -0.1) is 0 Å². The fourth-order valence-electron chi connectivity index (χ4n) is 1.16.